The Hall–Kier alpha value is -0.0900. The van der Waals surface area contributed by atoms with Crippen LogP contribution in [-0.2, 0) is 6.42 Å². The first kappa shape index (κ1) is 9.99. The van der Waals surface area contributed by atoms with Crippen molar-refractivity contribution in [1.29, 1.82) is 0 Å². The highest BCUT2D eigenvalue weighted by Gasteiger charge is 1.96. The summed E-state index contributed by atoms with van der Waals surface area (Å²) >= 11 is 2.33. The number of rotatable bonds is 3. The first-order valence-electron chi connectivity index (χ1n) is 4.18. The summed E-state index contributed by atoms with van der Waals surface area (Å²) in [5.74, 6) is 0. The molecule has 0 aromatic heterocycles. The lowest BCUT2D eigenvalue weighted by molar-refractivity contribution is 0.666. The molecular weight excluding hydrogens is 261 g/mol. The summed E-state index contributed by atoms with van der Waals surface area (Å²) in [6, 6.07) is 8.88. The number of aryl methyl sites for hydroxylation is 1. The standard InChI is InChI=1S/C10H14IN/c1-8(12)5-6-9-3-2-4-10(11)7-9/h2-4,7-8H,5-6,12H2,1H3. The first-order chi connectivity index (χ1) is 5.68. The van der Waals surface area contributed by atoms with Crippen LogP contribution in [0, 0.1) is 3.57 Å². The molecule has 0 fully saturated rings. The zero-order chi connectivity index (χ0) is 8.97. The number of hydrogen-bond acceptors (Lipinski definition) is 1. The van der Waals surface area contributed by atoms with E-state index in [1.54, 1.807) is 0 Å². The molecule has 0 bridgehead atoms. The van der Waals surface area contributed by atoms with Crippen LogP contribution in [0.4, 0.5) is 0 Å². The van der Waals surface area contributed by atoms with E-state index in [1.165, 1.54) is 9.13 Å². The molecule has 66 valence electrons. The van der Waals surface area contributed by atoms with Crippen LogP contribution < -0.4 is 5.73 Å². The molecule has 2 heteroatoms. The summed E-state index contributed by atoms with van der Waals surface area (Å²) < 4.78 is 1.30. The van der Waals surface area contributed by atoms with Gasteiger partial charge in [-0.15, -0.1) is 0 Å². The zero-order valence-electron chi connectivity index (χ0n) is 7.26. The largest absolute Gasteiger partial charge is 0.328 e. The molecule has 2 N–H and O–H groups in total. The van der Waals surface area contributed by atoms with E-state index >= 15 is 0 Å². The summed E-state index contributed by atoms with van der Waals surface area (Å²) in [6.07, 6.45) is 2.16. The van der Waals surface area contributed by atoms with E-state index in [2.05, 4.69) is 46.9 Å². The SMILES string of the molecule is CC(N)CCc1cccc(I)c1. The molecule has 0 amide bonds. The maximum atomic E-state index is 5.68. The molecule has 0 aliphatic heterocycles. The highest BCUT2D eigenvalue weighted by molar-refractivity contribution is 14.1. The number of halogens is 1. The maximum Gasteiger partial charge on any atom is 0.0133 e. The Bertz CT molecular complexity index is 245. The Morgan fingerprint density at radius 3 is 2.83 bits per heavy atom. The minimum atomic E-state index is 0.308. The van der Waals surface area contributed by atoms with E-state index in [4.69, 9.17) is 5.73 Å². The summed E-state index contributed by atoms with van der Waals surface area (Å²) in [7, 11) is 0. The second kappa shape index (κ2) is 4.82. The van der Waals surface area contributed by atoms with E-state index in [1.807, 2.05) is 6.92 Å². The summed E-state index contributed by atoms with van der Waals surface area (Å²) in [5, 5.41) is 0. The monoisotopic (exact) mass is 275 g/mol. The van der Waals surface area contributed by atoms with Crippen molar-refractivity contribution >= 4 is 22.6 Å². The van der Waals surface area contributed by atoms with Crippen LogP contribution in [0.3, 0.4) is 0 Å². The van der Waals surface area contributed by atoms with Crippen LogP contribution >= 0.6 is 22.6 Å². The van der Waals surface area contributed by atoms with Gasteiger partial charge in [0, 0.05) is 9.61 Å². The van der Waals surface area contributed by atoms with E-state index < -0.39 is 0 Å². The maximum absolute atomic E-state index is 5.68. The van der Waals surface area contributed by atoms with Crippen LogP contribution in [0.1, 0.15) is 18.9 Å². The van der Waals surface area contributed by atoms with Crippen LogP contribution in [0.5, 0.6) is 0 Å². The second-order valence-electron chi connectivity index (χ2n) is 3.15. The Kier molecular flexibility index (Phi) is 4.01. The van der Waals surface area contributed by atoms with Crippen molar-refractivity contribution in [2.75, 3.05) is 0 Å². The Morgan fingerprint density at radius 1 is 1.50 bits per heavy atom. The van der Waals surface area contributed by atoms with Crippen molar-refractivity contribution in [1.82, 2.24) is 0 Å². The van der Waals surface area contributed by atoms with E-state index in [-0.39, 0.29) is 0 Å². The van der Waals surface area contributed by atoms with Crippen LogP contribution in [0.15, 0.2) is 24.3 Å². The van der Waals surface area contributed by atoms with E-state index in [0.29, 0.717) is 6.04 Å². The molecule has 0 spiro atoms. The lowest BCUT2D eigenvalue weighted by atomic mass is 10.1. The fourth-order valence-corrected chi connectivity index (χ4v) is 1.69. The summed E-state index contributed by atoms with van der Waals surface area (Å²) in [4.78, 5) is 0. The van der Waals surface area contributed by atoms with Gasteiger partial charge in [0.1, 0.15) is 0 Å². The Balaban J connectivity index is 2.52. The predicted molar refractivity (Wildman–Crippen MR) is 61.1 cm³/mol. The van der Waals surface area contributed by atoms with Crippen LogP contribution in [-0.4, -0.2) is 6.04 Å². The minimum Gasteiger partial charge on any atom is -0.328 e. The Morgan fingerprint density at radius 2 is 2.25 bits per heavy atom. The van der Waals surface area contributed by atoms with Gasteiger partial charge in [-0.05, 0) is 60.1 Å². The van der Waals surface area contributed by atoms with Crippen molar-refractivity contribution in [2.24, 2.45) is 5.73 Å². The smallest absolute Gasteiger partial charge is 0.0133 e. The fourth-order valence-electron chi connectivity index (χ4n) is 1.09. The quantitative estimate of drug-likeness (QED) is 0.843. The minimum absolute atomic E-state index is 0.308. The average molecular weight is 275 g/mol. The first-order valence-corrected chi connectivity index (χ1v) is 5.26. The van der Waals surface area contributed by atoms with Gasteiger partial charge in [-0.1, -0.05) is 12.1 Å². The van der Waals surface area contributed by atoms with Crippen molar-refractivity contribution < 1.29 is 0 Å². The molecule has 1 unspecified atom stereocenters. The van der Waals surface area contributed by atoms with Gasteiger partial charge < -0.3 is 5.73 Å². The number of benzene rings is 1. The van der Waals surface area contributed by atoms with Gasteiger partial charge in [0.2, 0.25) is 0 Å². The highest BCUT2D eigenvalue weighted by atomic mass is 127. The molecule has 1 atom stereocenters. The molecule has 0 saturated heterocycles. The molecule has 0 aliphatic carbocycles. The molecule has 1 aromatic rings. The van der Waals surface area contributed by atoms with Gasteiger partial charge in [0.15, 0.2) is 0 Å². The topological polar surface area (TPSA) is 26.0 Å². The Labute approximate surface area is 87.5 Å². The predicted octanol–water partition coefficient (Wildman–Crippen LogP) is 2.57. The molecule has 12 heavy (non-hydrogen) atoms. The van der Waals surface area contributed by atoms with Crippen molar-refractivity contribution in [3.63, 3.8) is 0 Å². The fraction of sp³-hybridized carbons (Fsp3) is 0.400. The highest BCUT2D eigenvalue weighted by Crippen LogP contribution is 2.09. The van der Waals surface area contributed by atoms with Gasteiger partial charge in [-0.25, -0.2) is 0 Å². The van der Waals surface area contributed by atoms with Crippen LogP contribution in [0.2, 0.25) is 0 Å². The zero-order valence-corrected chi connectivity index (χ0v) is 9.41. The molecule has 0 heterocycles. The summed E-state index contributed by atoms with van der Waals surface area (Å²) in [5.41, 5.74) is 7.06. The van der Waals surface area contributed by atoms with Crippen molar-refractivity contribution in [3.05, 3.63) is 33.4 Å². The third-order valence-electron chi connectivity index (χ3n) is 1.78. The van der Waals surface area contributed by atoms with Crippen molar-refractivity contribution in [3.8, 4) is 0 Å². The van der Waals surface area contributed by atoms with Gasteiger partial charge in [-0.2, -0.15) is 0 Å². The summed E-state index contributed by atoms with van der Waals surface area (Å²) in [6.45, 7) is 2.05. The van der Waals surface area contributed by atoms with Gasteiger partial charge in [-0.3, -0.25) is 0 Å². The molecule has 0 radical (unpaired) electrons. The number of nitrogens with two attached hydrogens (primary N) is 1. The van der Waals surface area contributed by atoms with Gasteiger partial charge in [0.25, 0.3) is 0 Å². The van der Waals surface area contributed by atoms with Crippen molar-refractivity contribution in [2.45, 2.75) is 25.8 Å². The van der Waals surface area contributed by atoms with Crippen LogP contribution in [0.25, 0.3) is 0 Å². The third kappa shape index (κ3) is 3.54. The number of hydrogen-bond donors (Lipinski definition) is 1. The average Bonchev–Trinajstić information content (AvgIpc) is 2.01. The lowest BCUT2D eigenvalue weighted by Crippen LogP contribution is -2.15. The molecule has 0 saturated carbocycles. The molecule has 1 nitrogen and oxygen atoms in total. The van der Waals surface area contributed by atoms with E-state index in [0.717, 1.165) is 12.8 Å². The third-order valence-corrected chi connectivity index (χ3v) is 2.45. The van der Waals surface area contributed by atoms with Gasteiger partial charge >= 0.3 is 0 Å². The normalized spacial score (nSPS) is 12.9. The molecule has 0 aliphatic rings. The lowest BCUT2D eigenvalue weighted by Gasteiger charge is -2.04. The molecule has 1 rings (SSSR count). The molecule has 1 aromatic carbocycles. The van der Waals surface area contributed by atoms with E-state index in [9.17, 15) is 0 Å². The molecular formula is C10H14IN. The second-order valence-corrected chi connectivity index (χ2v) is 4.39. The van der Waals surface area contributed by atoms with Gasteiger partial charge in [0.05, 0.1) is 0 Å².